The predicted molar refractivity (Wildman–Crippen MR) is 159 cm³/mol. The van der Waals surface area contributed by atoms with Crippen molar-refractivity contribution >= 4 is 46.5 Å². The minimum atomic E-state index is -1.02. The van der Waals surface area contributed by atoms with Crippen LogP contribution in [0, 0.1) is 0 Å². The fourth-order valence-corrected chi connectivity index (χ4v) is 5.84. The first-order valence-electron chi connectivity index (χ1n) is 13.8. The quantitative estimate of drug-likeness (QED) is 0.365. The molecule has 0 spiro atoms. The first-order valence-corrected chi connectivity index (χ1v) is 14.7. The molecule has 1 unspecified atom stereocenters. The van der Waals surface area contributed by atoms with Gasteiger partial charge in [-0.15, -0.1) is 11.3 Å². The standard InChI is InChI=1S/C30H33N5O6S/c36-27(37)20-24(26-7-4-18-42-26)32-29(39)22-8-9-25(23(19-22)31-28(38)21-5-2-1-3-6-21)33-10-12-34(13-11-33)30(40)35-14-16-41-17-15-35/h1-9,18-19,24H,10-17,20H2,(H,31,38)(H,32,39)(H,36,37). The number of rotatable bonds is 8. The molecule has 220 valence electrons. The summed E-state index contributed by atoms with van der Waals surface area (Å²) in [5, 5.41) is 17.0. The summed E-state index contributed by atoms with van der Waals surface area (Å²) in [5.41, 5.74) is 1.94. The summed E-state index contributed by atoms with van der Waals surface area (Å²) in [5.74, 6) is -1.79. The van der Waals surface area contributed by atoms with Crippen LogP contribution in [0.4, 0.5) is 16.2 Å². The van der Waals surface area contributed by atoms with Gasteiger partial charge >= 0.3 is 12.0 Å². The zero-order valence-electron chi connectivity index (χ0n) is 23.0. The van der Waals surface area contributed by atoms with E-state index in [9.17, 15) is 24.3 Å². The van der Waals surface area contributed by atoms with Crippen molar-refractivity contribution < 1.29 is 29.0 Å². The smallest absolute Gasteiger partial charge is 0.320 e. The van der Waals surface area contributed by atoms with Gasteiger partial charge in [0.2, 0.25) is 0 Å². The molecule has 1 aromatic heterocycles. The third-order valence-electron chi connectivity index (χ3n) is 7.29. The van der Waals surface area contributed by atoms with E-state index >= 15 is 0 Å². The number of carbonyl (C=O) groups excluding carboxylic acids is 3. The number of nitrogens with one attached hydrogen (secondary N) is 2. The Labute approximate surface area is 247 Å². The van der Waals surface area contributed by atoms with Gasteiger partial charge in [-0.3, -0.25) is 14.4 Å². The van der Waals surface area contributed by atoms with Crippen LogP contribution in [0.5, 0.6) is 0 Å². The lowest BCUT2D eigenvalue weighted by Gasteiger charge is -2.39. The Bertz CT molecular complexity index is 1400. The molecule has 5 rings (SSSR count). The van der Waals surface area contributed by atoms with Crippen LogP contribution in [-0.2, 0) is 9.53 Å². The third-order valence-corrected chi connectivity index (χ3v) is 8.27. The van der Waals surface area contributed by atoms with Gasteiger partial charge in [0.15, 0.2) is 0 Å². The number of ether oxygens (including phenoxy) is 1. The van der Waals surface area contributed by atoms with Crippen LogP contribution < -0.4 is 15.5 Å². The number of aliphatic carboxylic acids is 1. The van der Waals surface area contributed by atoms with Crippen LogP contribution >= 0.6 is 11.3 Å². The molecule has 12 heteroatoms. The van der Waals surface area contributed by atoms with E-state index in [1.165, 1.54) is 11.3 Å². The number of nitrogens with zero attached hydrogens (tertiary/aromatic N) is 3. The molecule has 0 saturated carbocycles. The molecule has 0 bridgehead atoms. The maximum Gasteiger partial charge on any atom is 0.320 e. The van der Waals surface area contributed by atoms with Crippen molar-refractivity contribution in [2.75, 3.05) is 62.7 Å². The topological polar surface area (TPSA) is 132 Å². The number of carbonyl (C=O) groups is 4. The normalized spacial score (nSPS) is 16.0. The minimum Gasteiger partial charge on any atom is -0.481 e. The zero-order chi connectivity index (χ0) is 29.5. The van der Waals surface area contributed by atoms with E-state index in [1.54, 1.807) is 54.6 Å². The van der Waals surface area contributed by atoms with E-state index in [0.29, 0.717) is 63.7 Å². The fraction of sp³-hybridized carbons (Fsp3) is 0.333. The van der Waals surface area contributed by atoms with Crippen molar-refractivity contribution in [2.24, 2.45) is 0 Å². The maximum absolute atomic E-state index is 13.3. The maximum atomic E-state index is 13.3. The van der Waals surface area contributed by atoms with Crippen LogP contribution in [0.15, 0.2) is 66.0 Å². The summed E-state index contributed by atoms with van der Waals surface area (Å²) in [6.07, 6.45) is -0.255. The highest BCUT2D eigenvalue weighted by Gasteiger charge is 2.28. The highest BCUT2D eigenvalue weighted by atomic mass is 32.1. The summed E-state index contributed by atoms with van der Waals surface area (Å²) in [4.78, 5) is 57.4. The summed E-state index contributed by atoms with van der Waals surface area (Å²) < 4.78 is 5.36. The van der Waals surface area contributed by atoms with Gasteiger partial charge in [0.25, 0.3) is 11.8 Å². The largest absolute Gasteiger partial charge is 0.481 e. The molecule has 0 aliphatic carbocycles. The average molecular weight is 592 g/mol. The van der Waals surface area contributed by atoms with Crippen LogP contribution in [0.3, 0.4) is 0 Å². The summed E-state index contributed by atoms with van der Waals surface area (Å²) >= 11 is 1.37. The van der Waals surface area contributed by atoms with Gasteiger partial charge in [-0.05, 0) is 41.8 Å². The Kier molecular flexibility index (Phi) is 9.35. The monoisotopic (exact) mass is 591 g/mol. The molecule has 42 heavy (non-hydrogen) atoms. The van der Waals surface area contributed by atoms with Crippen LogP contribution in [0.1, 0.15) is 38.1 Å². The molecular formula is C30H33N5O6S. The minimum absolute atomic E-state index is 0.00392. The predicted octanol–water partition coefficient (Wildman–Crippen LogP) is 3.52. The molecule has 3 aromatic rings. The van der Waals surface area contributed by atoms with Gasteiger partial charge in [-0.25, -0.2) is 4.79 Å². The third kappa shape index (κ3) is 7.07. The highest BCUT2D eigenvalue weighted by Crippen LogP contribution is 2.30. The van der Waals surface area contributed by atoms with Crippen molar-refractivity contribution in [2.45, 2.75) is 12.5 Å². The number of amides is 4. The second-order valence-corrected chi connectivity index (χ2v) is 11.0. The van der Waals surface area contributed by atoms with E-state index in [1.807, 2.05) is 21.2 Å². The zero-order valence-corrected chi connectivity index (χ0v) is 23.8. The van der Waals surface area contributed by atoms with Gasteiger partial charge in [0.05, 0.1) is 37.1 Å². The lowest BCUT2D eigenvalue weighted by atomic mass is 10.1. The van der Waals surface area contributed by atoms with Crippen molar-refractivity contribution in [1.29, 1.82) is 0 Å². The molecule has 2 aliphatic heterocycles. The Balaban J connectivity index is 1.35. The summed E-state index contributed by atoms with van der Waals surface area (Å²) in [7, 11) is 0. The lowest BCUT2D eigenvalue weighted by Crippen LogP contribution is -2.54. The number of urea groups is 1. The molecule has 4 amide bonds. The number of anilines is 2. The highest BCUT2D eigenvalue weighted by molar-refractivity contribution is 7.10. The molecule has 3 heterocycles. The second kappa shape index (κ2) is 13.5. The molecule has 2 fully saturated rings. The van der Waals surface area contributed by atoms with Gasteiger partial charge < -0.3 is 35.2 Å². The molecule has 0 radical (unpaired) electrons. The fourth-order valence-electron chi connectivity index (χ4n) is 5.06. The Morgan fingerprint density at radius 3 is 2.21 bits per heavy atom. The van der Waals surface area contributed by atoms with Crippen LogP contribution in [0.25, 0.3) is 0 Å². The molecule has 11 nitrogen and oxygen atoms in total. The molecule has 2 aromatic carbocycles. The first-order chi connectivity index (χ1) is 20.4. The number of hydrogen-bond acceptors (Lipinski definition) is 7. The van der Waals surface area contributed by atoms with Gasteiger partial charge in [-0.1, -0.05) is 24.3 Å². The molecule has 3 N–H and O–H groups in total. The Morgan fingerprint density at radius 2 is 1.55 bits per heavy atom. The number of thiophene rings is 1. The molecule has 2 aliphatic rings. The lowest BCUT2D eigenvalue weighted by molar-refractivity contribution is -0.137. The van der Waals surface area contributed by atoms with Gasteiger partial charge in [0, 0.05) is 55.3 Å². The van der Waals surface area contributed by atoms with Gasteiger partial charge in [0.1, 0.15) is 0 Å². The van der Waals surface area contributed by atoms with Crippen molar-refractivity contribution in [1.82, 2.24) is 15.1 Å². The van der Waals surface area contributed by atoms with Crippen molar-refractivity contribution in [3.05, 3.63) is 82.0 Å². The van der Waals surface area contributed by atoms with E-state index in [0.717, 1.165) is 10.6 Å². The average Bonchev–Trinajstić information content (AvgIpc) is 3.56. The summed E-state index contributed by atoms with van der Waals surface area (Å²) in [6.45, 7) is 4.38. The SMILES string of the molecule is O=C(O)CC(NC(=O)c1ccc(N2CCN(C(=O)N3CCOCC3)CC2)c(NC(=O)c2ccccc2)c1)c1cccs1. The number of benzene rings is 2. The second-order valence-electron chi connectivity index (χ2n) is 10.0. The Hall–Kier alpha value is -4.42. The van der Waals surface area contributed by atoms with E-state index in [4.69, 9.17) is 4.74 Å². The molecule has 1 atom stereocenters. The van der Waals surface area contributed by atoms with Crippen molar-refractivity contribution in [3.8, 4) is 0 Å². The number of hydrogen-bond donors (Lipinski definition) is 3. The van der Waals surface area contributed by atoms with E-state index in [-0.39, 0.29) is 23.9 Å². The molecular weight excluding hydrogens is 558 g/mol. The Morgan fingerprint density at radius 1 is 0.833 bits per heavy atom. The van der Waals surface area contributed by atoms with Crippen LogP contribution in [0.2, 0.25) is 0 Å². The number of carboxylic acid groups (broad SMARTS) is 1. The number of morpholine rings is 1. The van der Waals surface area contributed by atoms with E-state index in [2.05, 4.69) is 15.5 Å². The first kappa shape index (κ1) is 29.1. The number of carboxylic acids is 1. The number of piperazine rings is 1. The van der Waals surface area contributed by atoms with E-state index < -0.39 is 17.9 Å². The summed E-state index contributed by atoms with van der Waals surface area (Å²) in [6, 6.07) is 16.8. The van der Waals surface area contributed by atoms with Gasteiger partial charge in [-0.2, -0.15) is 0 Å². The van der Waals surface area contributed by atoms with Crippen LogP contribution in [-0.4, -0.2) is 91.2 Å². The molecule has 2 saturated heterocycles. The van der Waals surface area contributed by atoms with Crippen molar-refractivity contribution in [3.63, 3.8) is 0 Å².